The van der Waals surface area contributed by atoms with E-state index in [9.17, 15) is 19.3 Å². The lowest BCUT2D eigenvalue weighted by molar-refractivity contribution is -0.385. The van der Waals surface area contributed by atoms with Gasteiger partial charge in [0, 0.05) is 12.6 Å². The first-order chi connectivity index (χ1) is 8.58. The van der Waals surface area contributed by atoms with Crippen molar-refractivity contribution in [1.29, 1.82) is 0 Å². The lowest BCUT2D eigenvalue weighted by atomic mass is 10.1. The second-order valence-electron chi connectivity index (χ2n) is 4.05. The van der Waals surface area contributed by atoms with E-state index in [0.29, 0.717) is 13.0 Å². The number of benzene rings is 1. The summed E-state index contributed by atoms with van der Waals surface area (Å²) >= 11 is 0. The van der Waals surface area contributed by atoms with E-state index >= 15 is 0 Å². The fourth-order valence-electron chi connectivity index (χ4n) is 1.83. The minimum absolute atomic E-state index is 0.0997. The van der Waals surface area contributed by atoms with Gasteiger partial charge >= 0.3 is 0 Å². The third-order valence-electron chi connectivity index (χ3n) is 2.78. The molecule has 0 saturated carbocycles. The van der Waals surface area contributed by atoms with E-state index < -0.39 is 16.8 Å². The number of nitro benzene ring substituents is 1. The molecule has 1 fully saturated rings. The van der Waals surface area contributed by atoms with E-state index in [1.54, 1.807) is 0 Å². The van der Waals surface area contributed by atoms with Crippen molar-refractivity contribution in [1.82, 2.24) is 5.32 Å². The molecule has 0 aromatic heterocycles. The van der Waals surface area contributed by atoms with Crippen molar-refractivity contribution in [2.24, 2.45) is 0 Å². The van der Waals surface area contributed by atoms with Crippen LogP contribution in [0.1, 0.15) is 12.8 Å². The molecule has 7 heteroatoms. The monoisotopic (exact) mass is 253 g/mol. The Morgan fingerprint density at radius 3 is 2.89 bits per heavy atom. The van der Waals surface area contributed by atoms with Gasteiger partial charge in [-0.25, -0.2) is 4.39 Å². The Hall–Kier alpha value is -2.18. The molecule has 1 saturated heterocycles. The molecule has 1 heterocycles. The molecule has 1 amide bonds. The molecule has 0 spiro atoms. The van der Waals surface area contributed by atoms with Crippen LogP contribution in [0.25, 0.3) is 0 Å². The van der Waals surface area contributed by atoms with Crippen LogP contribution in [0.5, 0.6) is 0 Å². The highest BCUT2D eigenvalue weighted by molar-refractivity contribution is 5.85. The predicted molar refractivity (Wildman–Crippen MR) is 62.7 cm³/mol. The lowest BCUT2D eigenvalue weighted by Gasteiger charge is -2.23. The molecule has 6 nitrogen and oxygen atoms in total. The standard InChI is InChI=1S/C11H12FN3O3/c12-8-6-7(15(17)18)3-4-9(8)14-10-2-1-5-13-11(10)16/h3-4,6,10,14H,1-2,5H2,(H,13,16)/t10-/m1/s1. The van der Waals surface area contributed by atoms with Crippen LogP contribution in [0.4, 0.5) is 15.8 Å². The maximum Gasteiger partial charge on any atom is 0.272 e. The molecule has 1 aliphatic rings. The fourth-order valence-corrected chi connectivity index (χ4v) is 1.83. The summed E-state index contributed by atoms with van der Waals surface area (Å²) in [7, 11) is 0. The van der Waals surface area contributed by atoms with Crippen LogP contribution in [0.15, 0.2) is 18.2 Å². The summed E-state index contributed by atoms with van der Waals surface area (Å²) < 4.78 is 13.6. The van der Waals surface area contributed by atoms with Gasteiger partial charge in [0.05, 0.1) is 16.7 Å². The Labute approximate surface area is 102 Å². The van der Waals surface area contributed by atoms with Crippen molar-refractivity contribution in [2.45, 2.75) is 18.9 Å². The summed E-state index contributed by atoms with van der Waals surface area (Å²) in [4.78, 5) is 21.3. The normalized spacial score (nSPS) is 19.2. The third-order valence-corrected chi connectivity index (χ3v) is 2.78. The highest BCUT2D eigenvalue weighted by Gasteiger charge is 2.23. The van der Waals surface area contributed by atoms with Gasteiger partial charge in [-0.15, -0.1) is 0 Å². The van der Waals surface area contributed by atoms with Crippen LogP contribution in [0.3, 0.4) is 0 Å². The molecule has 1 aromatic rings. The first-order valence-corrected chi connectivity index (χ1v) is 5.56. The van der Waals surface area contributed by atoms with Gasteiger partial charge in [-0.1, -0.05) is 0 Å². The molecule has 1 aliphatic heterocycles. The zero-order valence-corrected chi connectivity index (χ0v) is 9.48. The van der Waals surface area contributed by atoms with Gasteiger partial charge in [-0.3, -0.25) is 14.9 Å². The summed E-state index contributed by atoms with van der Waals surface area (Å²) in [6.45, 7) is 0.625. The molecule has 2 N–H and O–H groups in total. The molecule has 0 bridgehead atoms. The SMILES string of the molecule is O=C1NCCC[C@H]1Nc1ccc([N+](=O)[O-])cc1F. The number of rotatable bonds is 3. The number of piperidine rings is 1. The van der Waals surface area contributed by atoms with Gasteiger partial charge in [-0.05, 0) is 18.9 Å². The molecule has 0 radical (unpaired) electrons. The zero-order valence-electron chi connectivity index (χ0n) is 9.48. The summed E-state index contributed by atoms with van der Waals surface area (Å²) in [5, 5.41) is 15.9. The minimum Gasteiger partial charge on any atom is -0.371 e. The zero-order chi connectivity index (χ0) is 13.1. The number of nitrogens with zero attached hydrogens (tertiary/aromatic N) is 1. The van der Waals surface area contributed by atoms with Gasteiger partial charge in [0.1, 0.15) is 6.04 Å². The van der Waals surface area contributed by atoms with Crippen molar-refractivity contribution in [3.05, 3.63) is 34.1 Å². The van der Waals surface area contributed by atoms with Gasteiger partial charge in [0.2, 0.25) is 5.91 Å². The summed E-state index contributed by atoms with van der Waals surface area (Å²) in [6, 6.07) is 2.82. The van der Waals surface area contributed by atoms with Crippen LogP contribution in [0, 0.1) is 15.9 Å². The van der Waals surface area contributed by atoms with Gasteiger partial charge in [0.15, 0.2) is 5.82 Å². The number of carbonyl (C=O) groups excluding carboxylic acids is 1. The second kappa shape index (κ2) is 4.99. The van der Waals surface area contributed by atoms with Crippen molar-refractivity contribution < 1.29 is 14.1 Å². The number of hydrogen-bond donors (Lipinski definition) is 2. The van der Waals surface area contributed by atoms with E-state index in [0.717, 1.165) is 12.5 Å². The first-order valence-electron chi connectivity index (χ1n) is 5.56. The van der Waals surface area contributed by atoms with E-state index in [-0.39, 0.29) is 17.3 Å². The molecule has 18 heavy (non-hydrogen) atoms. The predicted octanol–water partition coefficient (Wildman–Crippen LogP) is 1.42. The molecule has 0 unspecified atom stereocenters. The maximum atomic E-state index is 13.6. The molecule has 2 rings (SSSR count). The van der Waals surface area contributed by atoms with E-state index in [2.05, 4.69) is 10.6 Å². The highest BCUT2D eigenvalue weighted by Crippen LogP contribution is 2.22. The minimum atomic E-state index is -0.734. The van der Waals surface area contributed by atoms with Crippen molar-refractivity contribution >= 4 is 17.3 Å². The average molecular weight is 253 g/mol. The van der Waals surface area contributed by atoms with Crippen LogP contribution in [-0.4, -0.2) is 23.4 Å². The van der Waals surface area contributed by atoms with E-state index in [4.69, 9.17) is 0 Å². The van der Waals surface area contributed by atoms with Crippen LogP contribution < -0.4 is 10.6 Å². The Morgan fingerprint density at radius 2 is 2.28 bits per heavy atom. The van der Waals surface area contributed by atoms with E-state index in [1.165, 1.54) is 12.1 Å². The molecule has 1 atom stereocenters. The van der Waals surface area contributed by atoms with Crippen LogP contribution in [0.2, 0.25) is 0 Å². The molecule has 96 valence electrons. The third kappa shape index (κ3) is 2.55. The fraction of sp³-hybridized carbons (Fsp3) is 0.364. The summed E-state index contributed by atoms with van der Waals surface area (Å²) in [6.07, 6.45) is 1.43. The highest BCUT2D eigenvalue weighted by atomic mass is 19.1. The van der Waals surface area contributed by atoms with Crippen LogP contribution in [-0.2, 0) is 4.79 Å². The van der Waals surface area contributed by atoms with E-state index in [1.807, 2.05) is 0 Å². The van der Waals surface area contributed by atoms with Crippen molar-refractivity contribution in [3.63, 3.8) is 0 Å². The Bertz CT molecular complexity index is 492. The Morgan fingerprint density at radius 1 is 1.50 bits per heavy atom. The molecule has 0 aliphatic carbocycles. The molecular formula is C11H12FN3O3. The van der Waals surface area contributed by atoms with Crippen molar-refractivity contribution in [2.75, 3.05) is 11.9 Å². The number of non-ortho nitro benzene ring substituents is 1. The molecular weight excluding hydrogens is 241 g/mol. The average Bonchev–Trinajstić information content (AvgIpc) is 2.34. The maximum absolute atomic E-state index is 13.6. The number of anilines is 1. The second-order valence-corrected chi connectivity index (χ2v) is 4.05. The smallest absolute Gasteiger partial charge is 0.272 e. The number of hydrogen-bond acceptors (Lipinski definition) is 4. The Balaban J connectivity index is 2.14. The largest absolute Gasteiger partial charge is 0.371 e. The first kappa shape index (κ1) is 12.3. The number of halogens is 1. The van der Waals surface area contributed by atoms with Gasteiger partial charge in [-0.2, -0.15) is 0 Å². The summed E-state index contributed by atoms with van der Waals surface area (Å²) in [5.41, 5.74) is -0.214. The number of nitro groups is 1. The molecule has 1 aromatic carbocycles. The number of nitrogens with one attached hydrogen (secondary N) is 2. The number of amides is 1. The summed E-state index contributed by atoms with van der Waals surface area (Å²) in [5.74, 6) is -0.915. The quantitative estimate of drug-likeness (QED) is 0.630. The lowest BCUT2D eigenvalue weighted by Crippen LogP contribution is -2.44. The van der Waals surface area contributed by atoms with Crippen LogP contribution >= 0.6 is 0 Å². The van der Waals surface area contributed by atoms with Gasteiger partial charge in [0.25, 0.3) is 5.69 Å². The Kier molecular flexibility index (Phi) is 3.40. The van der Waals surface area contributed by atoms with Crippen molar-refractivity contribution in [3.8, 4) is 0 Å². The topological polar surface area (TPSA) is 84.3 Å². The van der Waals surface area contributed by atoms with Gasteiger partial charge < -0.3 is 10.6 Å². The number of carbonyl (C=O) groups is 1.